The molecule has 1 unspecified atom stereocenters. The molecule has 0 saturated carbocycles. The lowest BCUT2D eigenvalue weighted by Gasteiger charge is -2.06. The third kappa shape index (κ3) is 6.18. The first-order valence-corrected chi connectivity index (χ1v) is 8.17. The van der Waals surface area contributed by atoms with Crippen molar-refractivity contribution in [2.75, 3.05) is 6.54 Å². The van der Waals surface area contributed by atoms with Crippen molar-refractivity contribution in [2.24, 2.45) is 0 Å². The number of hydrogen-bond donors (Lipinski definition) is 1. The molecule has 1 N–H and O–H groups in total. The van der Waals surface area contributed by atoms with E-state index in [1.54, 1.807) is 0 Å². The van der Waals surface area contributed by atoms with Crippen LogP contribution in [0.5, 0.6) is 0 Å². The molecule has 0 spiro atoms. The minimum absolute atomic E-state index is 0.0859. The number of carbonyl (C=O) groups excluding carboxylic acids is 2. The number of rotatable bonds is 5. The minimum atomic E-state index is -2.52. The first-order chi connectivity index (χ1) is 12.1. The maximum atomic E-state index is 11.9. The quantitative estimate of drug-likeness (QED) is 0.367. The average molecular weight is 357 g/mol. The van der Waals surface area contributed by atoms with E-state index in [2.05, 4.69) is 22.1 Å². The van der Waals surface area contributed by atoms with Crippen molar-refractivity contribution in [3.05, 3.63) is 59.8 Å². The summed E-state index contributed by atoms with van der Waals surface area (Å²) >= 11 is -2.52. The average Bonchev–Trinajstić information content (AvgIpc) is 2.64. The maximum absolute atomic E-state index is 11.9. The zero-order valence-electron chi connectivity index (χ0n) is 12.9. The molecule has 1 heterocycles. The summed E-state index contributed by atoms with van der Waals surface area (Å²) in [5.41, 5.74) is 0.970. The zero-order chi connectivity index (χ0) is 18.1. The summed E-state index contributed by atoms with van der Waals surface area (Å²) in [6, 6.07) is 11.7. The number of pyridine rings is 1. The largest absolute Gasteiger partial charge is 0.767 e. The molecule has 0 radical (unpaired) electrons. The van der Waals surface area contributed by atoms with Crippen LogP contribution >= 0.6 is 0 Å². The van der Waals surface area contributed by atoms with Gasteiger partial charge in [0, 0.05) is 17.7 Å². The van der Waals surface area contributed by atoms with E-state index < -0.39 is 23.0 Å². The summed E-state index contributed by atoms with van der Waals surface area (Å²) in [7, 11) is 0. The summed E-state index contributed by atoms with van der Waals surface area (Å²) in [6.07, 6.45) is 1.21. The van der Waals surface area contributed by atoms with Gasteiger partial charge in [-0.1, -0.05) is 36.3 Å². The van der Waals surface area contributed by atoms with Crippen molar-refractivity contribution in [1.29, 1.82) is 0 Å². The van der Waals surface area contributed by atoms with E-state index in [4.69, 9.17) is 4.74 Å². The number of nitrogens with zero attached hydrogens (tertiary/aromatic N) is 1. The molecule has 1 aromatic carbocycles. The Kier molecular flexibility index (Phi) is 6.83. The van der Waals surface area contributed by atoms with Gasteiger partial charge in [-0.05, 0) is 28.8 Å². The van der Waals surface area contributed by atoms with Gasteiger partial charge in [0.1, 0.15) is 11.6 Å². The molecule has 0 fully saturated rings. The fraction of sp³-hybridized carbons (Fsp3) is 0.118. The van der Waals surface area contributed by atoms with E-state index in [0.29, 0.717) is 0 Å². The number of amides is 1. The topological polar surface area (TPSA) is 108 Å². The highest BCUT2D eigenvalue weighted by atomic mass is 32.2. The van der Waals surface area contributed by atoms with Crippen LogP contribution < -0.4 is 5.32 Å². The Hall–Kier alpha value is -3.02. The highest BCUT2D eigenvalue weighted by Gasteiger charge is 2.06. The van der Waals surface area contributed by atoms with Crippen LogP contribution in [-0.4, -0.2) is 32.2 Å². The second-order valence-corrected chi connectivity index (χ2v) is 5.55. The first kappa shape index (κ1) is 18.3. The van der Waals surface area contributed by atoms with E-state index >= 15 is 0 Å². The van der Waals surface area contributed by atoms with Crippen molar-refractivity contribution < 1.29 is 23.1 Å². The number of benzene rings is 1. The summed E-state index contributed by atoms with van der Waals surface area (Å²) in [5, 5.41) is 2.21. The van der Waals surface area contributed by atoms with E-state index in [-0.39, 0.29) is 23.7 Å². The third-order valence-corrected chi connectivity index (χ3v) is 3.47. The van der Waals surface area contributed by atoms with E-state index in [0.717, 1.165) is 11.6 Å². The van der Waals surface area contributed by atoms with Crippen molar-refractivity contribution in [3.8, 4) is 11.8 Å². The van der Waals surface area contributed by atoms with Crippen LogP contribution in [0.2, 0.25) is 0 Å². The summed E-state index contributed by atoms with van der Waals surface area (Å²) in [4.78, 5) is 26.9. The molecule has 2 aromatic rings. The Labute approximate surface area is 146 Å². The fourth-order valence-corrected chi connectivity index (χ4v) is 2.11. The third-order valence-electron chi connectivity index (χ3n) is 2.91. The maximum Gasteiger partial charge on any atom is 0.384 e. The molecule has 0 aliphatic rings. The summed E-state index contributed by atoms with van der Waals surface area (Å²) in [6.45, 7) is 0.0320. The molecule has 1 atom stereocenters. The molecule has 1 amide bonds. The number of nitrogens with one attached hydrogen (secondary N) is 1. The van der Waals surface area contributed by atoms with E-state index in [1.807, 2.05) is 30.3 Å². The molecule has 0 saturated heterocycles. The lowest BCUT2D eigenvalue weighted by molar-refractivity contribution is -0.137. The zero-order valence-corrected chi connectivity index (χ0v) is 13.7. The van der Waals surface area contributed by atoms with Gasteiger partial charge in [-0.15, -0.1) is 0 Å². The summed E-state index contributed by atoms with van der Waals surface area (Å²) in [5.74, 6) is 3.49. The predicted molar refractivity (Wildman–Crippen MR) is 87.8 cm³/mol. The molecule has 25 heavy (non-hydrogen) atoms. The van der Waals surface area contributed by atoms with E-state index in [1.165, 1.54) is 12.3 Å². The monoisotopic (exact) mass is 357 g/mol. The molecule has 128 valence electrons. The standard InChI is InChI=1S/C17H14N2O5S/c20-16(24-12-13-5-2-1-3-6-13)7-4-9-19-17(21)14-8-10-18-15(11-14)25(22)23/h1-3,5-6,8,10-11H,9,12H2,(H,19,21)(H,22,23)/p-1. The molecule has 8 heteroatoms. The Bertz CT molecular complexity index is 843. The fourth-order valence-electron chi connectivity index (χ4n) is 1.74. The smallest absolute Gasteiger partial charge is 0.384 e. The van der Waals surface area contributed by atoms with Crippen molar-refractivity contribution in [3.63, 3.8) is 0 Å². The van der Waals surface area contributed by atoms with Crippen LogP contribution in [0.15, 0.2) is 53.7 Å². The Morgan fingerprint density at radius 1 is 1.24 bits per heavy atom. The lowest BCUT2D eigenvalue weighted by atomic mass is 10.2. The lowest BCUT2D eigenvalue weighted by Crippen LogP contribution is -2.24. The second kappa shape index (κ2) is 9.32. The molecular formula is C17H13N2O5S-. The van der Waals surface area contributed by atoms with Gasteiger partial charge in [-0.3, -0.25) is 9.00 Å². The van der Waals surface area contributed by atoms with Crippen molar-refractivity contribution in [2.45, 2.75) is 11.6 Å². The van der Waals surface area contributed by atoms with Crippen LogP contribution in [0.1, 0.15) is 15.9 Å². The second-order valence-electron chi connectivity index (χ2n) is 4.66. The molecule has 0 aliphatic heterocycles. The first-order valence-electron chi connectivity index (χ1n) is 7.09. The van der Waals surface area contributed by atoms with E-state index in [9.17, 15) is 18.4 Å². The molecule has 0 bridgehead atoms. The van der Waals surface area contributed by atoms with Crippen LogP contribution in [0.25, 0.3) is 0 Å². The van der Waals surface area contributed by atoms with Gasteiger partial charge in [0.2, 0.25) is 0 Å². The number of aromatic nitrogens is 1. The van der Waals surface area contributed by atoms with Gasteiger partial charge < -0.3 is 14.6 Å². The molecular weight excluding hydrogens is 344 g/mol. The highest BCUT2D eigenvalue weighted by molar-refractivity contribution is 7.79. The number of ether oxygens (including phenoxy) is 1. The van der Waals surface area contributed by atoms with Crippen molar-refractivity contribution >= 4 is 23.0 Å². The van der Waals surface area contributed by atoms with Gasteiger partial charge in [0.25, 0.3) is 5.91 Å². The van der Waals surface area contributed by atoms with Gasteiger partial charge in [0.05, 0.1) is 6.54 Å². The van der Waals surface area contributed by atoms with Gasteiger partial charge >= 0.3 is 5.97 Å². The molecule has 1 aromatic heterocycles. The Balaban J connectivity index is 1.79. The van der Waals surface area contributed by atoms with Gasteiger partial charge in [-0.2, -0.15) is 0 Å². The number of carbonyl (C=O) groups is 2. The van der Waals surface area contributed by atoms with Crippen LogP contribution in [0.3, 0.4) is 0 Å². The number of esters is 1. The van der Waals surface area contributed by atoms with Gasteiger partial charge in [-0.25, -0.2) is 9.78 Å². The Morgan fingerprint density at radius 2 is 2.00 bits per heavy atom. The highest BCUT2D eigenvalue weighted by Crippen LogP contribution is 2.04. The number of hydrogen-bond acceptors (Lipinski definition) is 6. The van der Waals surface area contributed by atoms with Crippen LogP contribution in [0.4, 0.5) is 0 Å². The SMILES string of the molecule is O=C(C#CCNC(=O)c1ccnc(S(=O)[O-])c1)OCc1ccccc1. The van der Waals surface area contributed by atoms with Crippen LogP contribution in [0, 0.1) is 11.8 Å². The van der Waals surface area contributed by atoms with Crippen molar-refractivity contribution in [1.82, 2.24) is 10.3 Å². The predicted octanol–water partition coefficient (Wildman–Crippen LogP) is 0.796. The Morgan fingerprint density at radius 3 is 2.72 bits per heavy atom. The molecule has 7 nitrogen and oxygen atoms in total. The summed E-state index contributed by atoms with van der Waals surface area (Å²) < 4.78 is 26.6. The minimum Gasteiger partial charge on any atom is -0.767 e. The molecule has 0 aliphatic carbocycles. The van der Waals surface area contributed by atoms with Crippen LogP contribution in [-0.2, 0) is 27.2 Å². The normalized spacial score (nSPS) is 10.9. The van der Waals surface area contributed by atoms with Gasteiger partial charge in [0.15, 0.2) is 0 Å². The molecule has 2 rings (SSSR count).